The van der Waals surface area contributed by atoms with Gasteiger partial charge in [-0.15, -0.1) is 0 Å². The van der Waals surface area contributed by atoms with Crippen molar-refractivity contribution in [2.24, 2.45) is 0 Å². The number of amides is 2. The summed E-state index contributed by atoms with van der Waals surface area (Å²) < 4.78 is 41.5. The normalized spacial score (nSPS) is 11.4. The van der Waals surface area contributed by atoms with E-state index < -0.39 is 23.6 Å². The van der Waals surface area contributed by atoms with Crippen LogP contribution in [0.3, 0.4) is 0 Å². The molecule has 158 valence electrons. The van der Waals surface area contributed by atoms with Crippen LogP contribution in [0, 0.1) is 6.92 Å². The molecule has 30 heavy (non-hydrogen) atoms. The third-order valence-electron chi connectivity index (χ3n) is 4.17. The first-order valence-corrected chi connectivity index (χ1v) is 8.85. The Labute approximate surface area is 169 Å². The molecule has 0 saturated heterocycles. The molecule has 3 rings (SSSR count). The molecular weight excluding hydrogens is 401 g/mol. The van der Waals surface area contributed by atoms with Gasteiger partial charge in [-0.25, -0.2) is 9.97 Å². The first-order chi connectivity index (χ1) is 14.1. The Morgan fingerprint density at radius 2 is 2.03 bits per heavy atom. The van der Waals surface area contributed by atoms with E-state index in [0.29, 0.717) is 5.82 Å². The zero-order valence-electron chi connectivity index (χ0n) is 16.2. The van der Waals surface area contributed by atoms with Gasteiger partial charge in [0, 0.05) is 42.6 Å². The van der Waals surface area contributed by atoms with Crippen molar-refractivity contribution >= 4 is 17.5 Å². The highest BCUT2D eigenvalue weighted by Crippen LogP contribution is 2.32. The van der Waals surface area contributed by atoms with Gasteiger partial charge in [0.1, 0.15) is 12.4 Å². The maximum atomic E-state index is 13.3. The van der Waals surface area contributed by atoms with E-state index in [1.165, 1.54) is 35.1 Å². The highest BCUT2D eigenvalue weighted by molar-refractivity contribution is 5.97. The maximum Gasteiger partial charge on any atom is 0.416 e. The highest BCUT2D eigenvalue weighted by Gasteiger charge is 2.32. The molecule has 2 amide bonds. The van der Waals surface area contributed by atoms with Crippen LogP contribution >= 0.6 is 0 Å². The Morgan fingerprint density at radius 1 is 1.27 bits per heavy atom. The van der Waals surface area contributed by atoms with Crippen molar-refractivity contribution < 1.29 is 22.8 Å². The van der Waals surface area contributed by atoms with Crippen molar-refractivity contribution in [2.45, 2.75) is 26.2 Å². The average Bonchev–Trinajstić information content (AvgIpc) is 3.31. The van der Waals surface area contributed by atoms with Gasteiger partial charge in [0.2, 0.25) is 5.91 Å². The molecular formula is C19H19F3N6O2. The Morgan fingerprint density at radius 3 is 2.63 bits per heavy atom. The lowest BCUT2D eigenvalue weighted by Crippen LogP contribution is -2.27. The van der Waals surface area contributed by atoms with Gasteiger partial charge in [0.05, 0.1) is 18.4 Å². The van der Waals surface area contributed by atoms with E-state index in [9.17, 15) is 22.8 Å². The number of H-pyrrole nitrogens is 1. The molecule has 0 radical (unpaired) electrons. The topological polar surface area (TPSA) is 95.9 Å². The number of nitrogens with one attached hydrogen (secondary N) is 2. The van der Waals surface area contributed by atoms with Crippen molar-refractivity contribution in [3.05, 3.63) is 65.8 Å². The first kappa shape index (κ1) is 21.1. The number of aromatic amines is 1. The van der Waals surface area contributed by atoms with Crippen molar-refractivity contribution in [1.82, 2.24) is 24.4 Å². The second-order valence-corrected chi connectivity index (χ2v) is 6.75. The number of benzene rings is 1. The fourth-order valence-electron chi connectivity index (χ4n) is 2.80. The average molecular weight is 420 g/mol. The predicted octanol–water partition coefficient (Wildman–Crippen LogP) is 2.84. The summed E-state index contributed by atoms with van der Waals surface area (Å²) in [6.45, 7) is 1.76. The second-order valence-electron chi connectivity index (χ2n) is 6.75. The number of carbonyl (C=O) groups excluding carboxylic acids is 2. The predicted molar refractivity (Wildman–Crippen MR) is 101 cm³/mol. The molecule has 2 aromatic heterocycles. The standard InChI is InChI=1S/C19H19F3N6O2/c1-12-8-24-16(25-12)9-27(2)18(30)13-5-14(19(20,21)22)7-15(6-13)26-17(29)10-28-4-3-23-11-28/h3-8,11H,9-10H2,1-2H3,(H,24,25)(H,26,29). The molecule has 1 aromatic carbocycles. The van der Waals surface area contributed by atoms with Crippen LogP contribution < -0.4 is 5.32 Å². The summed E-state index contributed by atoms with van der Waals surface area (Å²) in [5.74, 6) is -0.686. The first-order valence-electron chi connectivity index (χ1n) is 8.85. The molecule has 2 N–H and O–H groups in total. The number of aromatic nitrogens is 4. The second kappa shape index (κ2) is 8.39. The van der Waals surface area contributed by atoms with Gasteiger partial charge in [0.25, 0.3) is 5.91 Å². The molecule has 0 spiro atoms. The van der Waals surface area contributed by atoms with E-state index in [2.05, 4.69) is 20.3 Å². The largest absolute Gasteiger partial charge is 0.416 e. The number of imidazole rings is 2. The van der Waals surface area contributed by atoms with E-state index in [1.54, 1.807) is 19.3 Å². The lowest BCUT2D eigenvalue weighted by molar-refractivity contribution is -0.137. The van der Waals surface area contributed by atoms with E-state index in [-0.39, 0.29) is 24.3 Å². The van der Waals surface area contributed by atoms with Crippen molar-refractivity contribution in [3.8, 4) is 0 Å². The maximum absolute atomic E-state index is 13.3. The molecule has 0 saturated carbocycles. The van der Waals surface area contributed by atoms with Crippen LogP contribution in [0.1, 0.15) is 27.4 Å². The molecule has 3 aromatic rings. The van der Waals surface area contributed by atoms with Gasteiger partial charge in [-0.05, 0) is 25.1 Å². The Balaban J connectivity index is 1.82. The van der Waals surface area contributed by atoms with E-state index in [0.717, 1.165) is 17.8 Å². The van der Waals surface area contributed by atoms with Crippen LogP contribution in [-0.4, -0.2) is 43.3 Å². The van der Waals surface area contributed by atoms with Gasteiger partial charge in [-0.3, -0.25) is 9.59 Å². The minimum atomic E-state index is -4.68. The molecule has 11 heteroatoms. The summed E-state index contributed by atoms with van der Waals surface area (Å²) in [6.07, 6.45) is 1.34. The monoisotopic (exact) mass is 420 g/mol. The van der Waals surface area contributed by atoms with E-state index in [4.69, 9.17) is 0 Å². The summed E-state index contributed by atoms with van der Waals surface area (Å²) in [7, 11) is 1.46. The van der Waals surface area contributed by atoms with Crippen molar-refractivity contribution in [3.63, 3.8) is 0 Å². The molecule has 8 nitrogen and oxygen atoms in total. The molecule has 0 fully saturated rings. The quantitative estimate of drug-likeness (QED) is 0.641. The van der Waals surface area contributed by atoms with Crippen LogP contribution in [0.2, 0.25) is 0 Å². The van der Waals surface area contributed by atoms with Crippen molar-refractivity contribution in [1.29, 1.82) is 0 Å². The summed E-state index contributed by atoms with van der Waals surface area (Å²) in [4.78, 5) is 37.0. The number of rotatable bonds is 6. The number of aryl methyl sites for hydroxylation is 1. The molecule has 0 aliphatic heterocycles. The van der Waals surface area contributed by atoms with E-state index >= 15 is 0 Å². The van der Waals surface area contributed by atoms with Gasteiger partial charge in [-0.1, -0.05) is 0 Å². The van der Waals surface area contributed by atoms with Gasteiger partial charge < -0.3 is 19.8 Å². The molecule has 0 unspecified atom stereocenters. The number of hydrogen-bond acceptors (Lipinski definition) is 4. The van der Waals surface area contributed by atoms with Crippen LogP contribution in [0.15, 0.2) is 43.1 Å². The number of hydrogen-bond donors (Lipinski definition) is 2. The van der Waals surface area contributed by atoms with Crippen LogP contribution in [0.25, 0.3) is 0 Å². The smallest absolute Gasteiger partial charge is 0.345 e. The molecule has 0 bridgehead atoms. The summed E-state index contributed by atoms with van der Waals surface area (Å²) in [6, 6.07) is 2.77. The number of nitrogens with zero attached hydrogens (tertiary/aromatic N) is 4. The zero-order chi connectivity index (χ0) is 21.9. The van der Waals surface area contributed by atoms with E-state index in [1.807, 2.05) is 0 Å². The molecule has 0 aliphatic rings. The third kappa shape index (κ3) is 5.25. The van der Waals surface area contributed by atoms with Crippen LogP contribution in [0.4, 0.5) is 18.9 Å². The third-order valence-corrected chi connectivity index (χ3v) is 4.17. The van der Waals surface area contributed by atoms with Crippen molar-refractivity contribution in [2.75, 3.05) is 12.4 Å². The number of carbonyl (C=O) groups is 2. The Bertz CT molecular complexity index is 1040. The lowest BCUT2D eigenvalue weighted by atomic mass is 10.1. The zero-order valence-corrected chi connectivity index (χ0v) is 16.2. The summed E-state index contributed by atoms with van der Waals surface area (Å²) >= 11 is 0. The number of anilines is 1. The number of halogens is 3. The summed E-state index contributed by atoms with van der Waals surface area (Å²) in [5, 5.41) is 2.40. The highest BCUT2D eigenvalue weighted by atomic mass is 19.4. The van der Waals surface area contributed by atoms with Gasteiger partial charge in [0.15, 0.2) is 0 Å². The minimum Gasteiger partial charge on any atom is -0.345 e. The van der Waals surface area contributed by atoms with Gasteiger partial charge in [-0.2, -0.15) is 13.2 Å². The lowest BCUT2D eigenvalue weighted by Gasteiger charge is -2.18. The number of alkyl halides is 3. The Hall–Kier alpha value is -3.63. The molecule has 2 heterocycles. The Kier molecular flexibility index (Phi) is 5.90. The minimum absolute atomic E-state index is 0.0885. The van der Waals surface area contributed by atoms with Crippen LogP contribution in [0.5, 0.6) is 0 Å². The van der Waals surface area contributed by atoms with Gasteiger partial charge >= 0.3 is 6.18 Å². The fourth-order valence-corrected chi connectivity index (χ4v) is 2.80. The molecule has 0 atom stereocenters. The van der Waals surface area contributed by atoms with Crippen LogP contribution in [-0.2, 0) is 24.1 Å². The fraction of sp³-hybridized carbons (Fsp3) is 0.263. The summed E-state index contributed by atoms with van der Waals surface area (Å²) in [5.41, 5.74) is -0.560. The SMILES string of the molecule is Cc1cnc(CN(C)C(=O)c2cc(NC(=O)Cn3ccnc3)cc(C(F)(F)F)c2)[nH]1. The molecule has 0 aliphatic carbocycles.